The second kappa shape index (κ2) is 7.06. The molecule has 2 rings (SSSR count). The molecule has 1 unspecified atom stereocenters. The molecule has 0 heterocycles. The quantitative estimate of drug-likeness (QED) is 0.827. The van der Waals surface area contributed by atoms with Gasteiger partial charge in [0.05, 0.1) is 6.04 Å². The van der Waals surface area contributed by atoms with Crippen molar-refractivity contribution in [2.45, 2.75) is 32.7 Å². The molecule has 0 aliphatic rings. The van der Waals surface area contributed by atoms with Crippen LogP contribution >= 0.6 is 11.6 Å². The summed E-state index contributed by atoms with van der Waals surface area (Å²) in [6.07, 6.45) is 2.00. The molecule has 0 aliphatic carbocycles. The van der Waals surface area contributed by atoms with E-state index in [0.29, 0.717) is 10.6 Å². The lowest BCUT2D eigenvalue weighted by molar-refractivity contribution is 0.576. The van der Waals surface area contributed by atoms with Gasteiger partial charge in [-0.25, -0.2) is 4.39 Å². The van der Waals surface area contributed by atoms with Crippen molar-refractivity contribution < 1.29 is 4.39 Å². The number of hydrogen-bond acceptors (Lipinski definition) is 1. The normalized spacial score (nSPS) is 12.4. The average molecular weight is 306 g/mol. The highest BCUT2D eigenvalue weighted by Crippen LogP contribution is 2.28. The van der Waals surface area contributed by atoms with Gasteiger partial charge in [0, 0.05) is 10.6 Å². The Morgan fingerprint density at radius 3 is 2.33 bits per heavy atom. The first-order valence-electron chi connectivity index (χ1n) is 7.34. The molecule has 0 bridgehead atoms. The summed E-state index contributed by atoms with van der Waals surface area (Å²) in [5, 5.41) is 3.62. The number of benzene rings is 2. The summed E-state index contributed by atoms with van der Waals surface area (Å²) in [5.41, 5.74) is 4.37. The van der Waals surface area contributed by atoms with Gasteiger partial charge >= 0.3 is 0 Å². The minimum absolute atomic E-state index is 0.168. The van der Waals surface area contributed by atoms with Crippen LogP contribution in [-0.2, 0) is 12.8 Å². The monoisotopic (exact) mass is 305 g/mol. The van der Waals surface area contributed by atoms with E-state index in [2.05, 4.69) is 37.4 Å². The van der Waals surface area contributed by atoms with Crippen molar-refractivity contribution in [3.63, 3.8) is 0 Å². The van der Waals surface area contributed by atoms with Gasteiger partial charge in [-0.05, 0) is 48.7 Å². The lowest BCUT2D eigenvalue weighted by Crippen LogP contribution is -2.19. The topological polar surface area (TPSA) is 12.0 Å². The molecule has 0 aliphatic heterocycles. The van der Waals surface area contributed by atoms with Crippen LogP contribution in [0.2, 0.25) is 5.02 Å². The maximum atomic E-state index is 14.2. The van der Waals surface area contributed by atoms with E-state index < -0.39 is 0 Å². The number of nitrogens with one attached hydrogen (secondary N) is 1. The number of halogens is 2. The van der Waals surface area contributed by atoms with Crippen LogP contribution < -0.4 is 5.32 Å². The van der Waals surface area contributed by atoms with Gasteiger partial charge < -0.3 is 5.32 Å². The summed E-state index contributed by atoms with van der Waals surface area (Å²) >= 11 is 5.84. The maximum Gasteiger partial charge on any atom is 0.129 e. The minimum atomic E-state index is -0.278. The third kappa shape index (κ3) is 3.45. The molecule has 0 saturated carbocycles. The molecule has 0 fully saturated rings. The second-order valence-electron chi connectivity index (χ2n) is 5.12. The summed E-state index contributed by atoms with van der Waals surface area (Å²) < 4.78 is 14.2. The summed E-state index contributed by atoms with van der Waals surface area (Å²) in [5.74, 6) is -0.278. The van der Waals surface area contributed by atoms with E-state index in [-0.39, 0.29) is 11.9 Å². The van der Waals surface area contributed by atoms with Crippen LogP contribution in [0.5, 0.6) is 0 Å². The third-order valence-electron chi connectivity index (χ3n) is 3.89. The van der Waals surface area contributed by atoms with E-state index in [1.54, 1.807) is 12.1 Å². The van der Waals surface area contributed by atoms with Crippen molar-refractivity contribution >= 4 is 11.6 Å². The van der Waals surface area contributed by atoms with Gasteiger partial charge in [0.15, 0.2) is 0 Å². The van der Waals surface area contributed by atoms with Crippen LogP contribution in [0.3, 0.4) is 0 Å². The molecule has 1 atom stereocenters. The average Bonchev–Trinajstić information content (AvgIpc) is 2.49. The molecule has 2 aromatic carbocycles. The van der Waals surface area contributed by atoms with Gasteiger partial charge in [0.1, 0.15) is 5.82 Å². The zero-order chi connectivity index (χ0) is 15.4. The largest absolute Gasteiger partial charge is 0.309 e. The summed E-state index contributed by atoms with van der Waals surface area (Å²) in [6.45, 7) is 4.30. The zero-order valence-electron chi connectivity index (χ0n) is 12.7. The lowest BCUT2D eigenvalue weighted by Gasteiger charge is -2.20. The van der Waals surface area contributed by atoms with E-state index in [4.69, 9.17) is 11.6 Å². The molecule has 21 heavy (non-hydrogen) atoms. The van der Waals surface area contributed by atoms with Crippen LogP contribution in [0.25, 0.3) is 0 Å². The fraction of sp³-hybridized carbons (Fsp3) is 0.333. The van der Waals surface area contributed by atoms with Gasteiger partial charge in [-0.15, -0.1) is 0 Å². The van der Waals surface area contributed by atoms with Crippen molar-refractivity contribution in [1.82, 2.24) is 5.32 Å². The maximum absolute atomic E-state index is 14.2. The number of rotatable bonds is 5. The van der Waals surface area contributed by atoms with Crippen LogP contribution in [0.15, 0.2) is 36.4 Å². The molecular weight excluding hydrogens is 285 g/mol. The standard InChI is InChI=1S/C18H21ClFN/c1-4-12-6-7-14(10-13(12)5-2)18(21-3)16-9-8-15(19)11-17(16)20/h6-11,18,21H,4-5H2,1-3H3. The first kappa shape index (κ1) is 16.0. The van der Waals surface area contributed by atoms with Gasteiger partial charge in [0.2, 0.25) is 0 Å². The summed E-state index contributed by atoms with van der Waals surface area (Å²) in [4.78, 5) is 0. The van der Waals surface area contributed by atoms with E-state index in [9.17, 15) is 4.39 Å². The van der Waals surface area contributed by atoms with Crippen LogP contribution in [-0.4, -0.2) is 7.05 Å². The molecule has 3 heteroatoms. The highest BCUT2D eigenvalue weighted by molar-refractivity contribution is 6.30. The van der Waals surface area contributed by atoms with Crippen molar-refractivity contribution in [2.24, 2.45) is 0 Å². The lowest BCUT2D eigenvalue weighted by atomic mass is 9.93. The molecule has 0 spiro atoms. The fourth-order valence-corrected chi connectivity index (χ4v) is 2.90. The molecule has 1 N–H and O–H groups in total. The van der Waals surface area contributed by atoms with Crippen LogP contribution in [0.1, 0.15) is 42.1 Å². The predicted octanol–water partition coefficient (Wildman–Crippen LogP) is 4.91. The van der Waals surface area contributed by atoms with Crippen LogP contribution in [0, 0.1) is 5.82 Å². The Bertz CT molecular complexity index is 625. The number of aryl methyl sites for hydroxylation is 2. The van der Waals surface area contributed by atoms with Crippen LogP contribution in [0.4, 0.5) is 4.39 Å². The molecule has 112 valence electrons. The summed E-state index contributed by atoms with van der Waals surface area (Å²) in [7, 11) is 1.85. The molecular formula is C18H21ClFN. The highest BCUT2D eigenvalue weighted by atomic mass is 35.5. The first-order chi connectivity index (χ1) is 10.1. The first-order valence-corrected chi connectivity index (χ1v) is 7.72. The van der Waals surface area contributed by atoms with Gasteiger partial charge in [-0.1, -0.05) is 49.7 Å². The third-order valence-corrected chi connectivity index (χ3v) is 4.12. The Morgan fingerprint density at radius 2 is 1.76 bits per heavy atom. The van der Waals surface area contributed by atoms with Crippen molar-refractivity contribution in [3.05, 3.63) is 69.5 Å². The Morgan fingerprint density at radius 1 is 1.05 bits per heavy atom. The number of hydrogen-bond donors (Lipinski definition) is 1. The van der Waals surface area contributed by atoms with E-state index in [1.165, 1.54) is 17.2 Å². The Labute approximate surface area is 131 Å². The van der Waals surface area contributed by atoms with Gasteiger partial charge in [-0.3, -0.25) is 0 Å². The predicted molar refractivity (Wildman–Crippen MR) is 87.5 cm³/mol. The molecule has 2 aromatic rings. The van der Waals surface area contributed by atoms with Crippen molar-refractivity contribution in [3.8, 4) is 0 Å². The second-order valence-corrected chi connectivity index (χ2v) is 5.56. The zero-order valence-corrected chi connectivity index (χ0v) is 13.5. The van der Waals surface area contributed by atoms with E-state index in [1.807, 2.05) is 7.05 Å². The Hall–Kier alpha value is -1.38. The molecule has 0 saturated heterocycles. The summed E-state index contributed by atoms with van der Waals surface area (Å²) in [6, 6.07) is 11.1. The SMILES string of the molecule is CCc1ccc(C(NC)c2ccc(Cl)cc2F)cc1CC. The molecule has 0 aromatic heterocycles. The smallest absolute Gasteiger partial charge is 0.129 e. The Kier molecular flexibility index (Phi) is 5.38. The van der Waals surface area contributed by atoms with Crippen molar-refractivity contribution in [1.29, 1.82) is 0 Å². The van der Waals surface area contributed by atoms with E-state index in [0.717, 1.165) is 18.4 Å². The molecule has 0 amide bonds. The molecule has 1 nitrogen and oxygen atoms in total. The van der Waals surface area contributed by atoms with Gasteiger partial charge in [-0.2, -0.15) is 0 Å². The highest BCUT2D eigenvalue weighted by Gasteiger charge is 2.17. The fourth-order valence-electron chi connectivity index (χ4n) is 2.74. The van der Waals surface area contributed by atoms with Gasteiger partial charge in [0.25, 0.3) is 0 Å². The van der Waals surface area contributed by atoms with E-state index >= 15 is 0 Å². The molecule has 0 radical (unpaired) electrons. The van der Waals surface area contributed by atoms with Crippen molar-refractivity contribution in [2.75, 3.05) is 7.05 Å². The minimum Gasteiger partial charge on any atom is -0.309 e. The Balaban J connectivity index is 2.46.